The van der Waals surface area contributed by atoms with Crippen LogP contribution in [0.3, 0.4) is 0 Å². The molecule has 0 unspecified atom stereocenters. The summed E-state index contributed by atoms with van der Waals surface area (Å²) in [6.45, 7) is 0. The van der Waals surface area contributed by atoms with E-state index in [1.54, 1.807) is 18.7 Å². The zero-order valence-corrected chi connectivity index (χ0v) is 9.01. The molecule has 0 fully saturated rings. The molecule has 17 heavy (non-hydrogen) atoms. The molecule has 80 valence electrons. The third-order valence-corrected chi connectivity index (χ3v) is 2.45. The molecule has 1 N–H and O–H groups in total. The van der Waals surface area contributed by atoms with Crippen molar-refractivity contribution in [1.82, 2.24) is 15.0 Å². The molecule has 3 rings (SSSR count). The molecule has 2 aromatic heterocycles. The predicted octanol–water partition coefficient (Wildman–Crippen LogP) is 2.36. The van der Waals surface area contributed by atoms with Crippen LogP contribution in [-0.2, 0) is 0 Å². The first-order valence-corrected chi connectivity index (χ1v) is 5.27. The maximum absolute atomic E-state index is 4.26. The van der Waals surface area contributed by atoms with Gasteiger partial charge in [0.05, 0.1) is 17.4 Å². The van der Waals surface area contributed by atoms with E-state index in [1.807, 2.05) is 30.3 Å². The highest BCUT2D eigenvalue weighted by atomic mass is 14.9. The summed E-state index contributed by atoms with van der Waals surface area (Å²) in [7, 11) is 0. The van der Waals surface area contributed by atoms with E-state index >= 15 is 0 Å². The fourth-order valence-corrected chi connectivity index (χ4v) is 1.64. The molecule has 0 saturated carbocycles. The van der Waals surface area contributed by atoms with E-state index in [0.29, 0.717) is 0 Å². The second kappa shape index (κ2) is 4.11. The minimum atomic E-state index is 0.903. The Morgan fingerprint density at radius 2 is 2.06 bits per heavy atom. The van der Waals surface area contributed by atoms with Crippen molar-refractivity contribution in [2.24, 2.45) is 0 Å². The van der Waals surface area contributed by atoms with Crippen molar-refractivity contribution >= 4 is 11.0 Å². The average Bonchev–Trinajstić information content (AvgIpc) is 2.86. The van der Waals surface area contributed by atoms with Gasteiger partial charge in [0, 0.05) is 18.0 Å². The molecule has 0 saturated heterocycles. The zero-order chi connectivity index (χ0) is 11.5. The number of imidazole rings is 1. The first-order chi connectivity index (χ1) is 8.43. The van der Waals surface area contributed by atoms with Crippen molar-refractivity contribution in [2.45, 2.75) is 0 Å². The van der Waals surface area contributed by atoms with Crippen LogP contribution in [0.5, 0.6) is 0 Å². The van der Waals surface area contributed by atoms with Gasteiger partial charge in [0.2, 0.25) is 0 Å². The van der Waals surface area contributed by atoms with Crippen LogP contribution in [0.15, 0.2) is 49.1 Å². The Bertz CT molecular complexity index is 702. The van der Waals surface area contributed by atoms with Crippen molar-refractivity contribution in [1.29, 1.82) is 0 Å². The Kier molecular flexibility index (Phi) is 2.32. The Morgan fingerprint density at radius 1 is 1.06 bits per heavy atom. The van der Waals surface area contributed by atoms with Gasteiger partial charge < -0.3 is 4.98 Å². The number of hydrogen-bond acceptors (Lipinski definition) is 2. The molecule has 3 heteroatoms. The molecule has 3 aromatic rings. The largest absolute Gasteiger partial charge is 0.345 e. The molecule has 2 heterocycles. The minimum Gasteiger partial charge on any atom is -0.345 e. The SMILES string of the molecule is C(#Cc1cccc2[nH]cnc12)c1cccnc1. The lowest BCUT2D eigenvalue weighted by Crippen LogP contribution is -1.79. The first kappa shape index (κ1) is 9.61. The van der Waals surface area contributed by atoms with Crippen LogP contribution < -0.4 is 0 Å². The zero-order valence-electron chi connectivity index (χ0n) is 9.01. The second-order valence-electron chi connectivity index (χ2n) is 3.60. The average molecular weight is 219 g/mol. The number of rotatable bonds is 0. The Morgan fingerprint density at radius 3 is 2.94 bits per heavy atom. The Labute approximate surface area is 98.5 Å². The predicted molar refractivity (Wildman–Crippen MR) is 66.3 cm³/mol. The second-order valence-corrected chi connectivity index (χ2v) is 3.60. The van der Waals surface area contributed by atoms with E-state index in [9.17, 15) is 0 Å². The number of pyridine rings is 1. The molecule has 0 aliphatic heterocycles. The lowest BCUT2D eigenvalue weighted by atomic mass is 10.2. The van der Waals surface area contributed by atoms with Gasteiger partial charge in [0.25, 0.3) is 0 Å². The Hall–Kier alpha value is -2.60. The summed E-state index contributed by atoms with van der Waals surface area (Å²) < 4.78 is 0. The molecule has 0 aliphatic rings. The van der Waals surface area contributed by atoms with Gasteiger partial charge in [0.15, 0.2) is 0 Å². The van der Waals surface area contributed by atoms with Crippen LogP contribution in [0.4, 0.5) is 0 Å². The molecule has 0 radical (unpaired) electrons. The summed E-state index contributed by atoms with van der Waals surface area (Å²) in [5.41, 5.74) is 3.74. The van der Waals surface area contributed by atoms with E-state index in [2.05, 4.69) is 26.8 Å². The Balaban J connectivity index is 2.06. The highest BCUT2D eigenvalue weighted by Crippen LogP contribution is 2.13. The van der Waals surface area contributed by atoms with Crippen LogP contribution in [-0.4, -0.2) is 15.0 Å². The van der Waals surface area contributed by atoms with Crippen LogP contribution in [0.2, 0.25) is 0 Å². The van der Waals surface area contributed by atoms with E-state index in [0.717, 1.165) is 22.2 Å². The monoisotopic (exact) mass is 219 g/mol. The van der Waals surface area contributed by atoms with Gasteiger partial charge in [-0.3, -0.25) is 4.98 Å². The van der Waals surface area contributed by atoms with Gasteiger partial charge in [-0.2, -0.15) is 0 Å². The van der Waals surface area contributed by atoms with Gasteiger partial charge in [-0.05, 0) is 24.3 Å². The molecule has 0 bridgehead atoms. The fourth-order valence-electron chi connectivity index (χ4n) is 1.64. The summed E-state index contributed by atoms with van der Waals surface area (Å²) in [5.74, 6) is 6.19. The molecular weight excluding hydrogens is 210 g/mol. The molecule has 0 amide bonds. The number of benzene rings is 1. The minimum absolute atomic E-state index is 0.903. The van der Waals surface area contributed by atoms with Crippen molar-refractivity contribution in [3.05, 3.63) is 60.2 Å². The highest BCUT2D eigenvalue weighted by Gasteiger charge is 1.99. The lowest BCUT2D eigenvalue weighted by molar-refractivity contribution is 1.31. The van der Waals surface area contributed by atoms with E-state index in [4.69, 9.17) is 0 Å². The molecule has 0 spiro atoms. The molecule has 1 aromatic carbocycles. The normalized spacial score (nSPS) is 9.88. The third kappa shape index (κ3) is 1.88. The summed E-state index contributed by atoms with van der Waals surface area (Å²) in [6, 6.07) is 9.72. The topological polar surface area (TPSA) is 41.6 Å². The molecule has 3 nitrogen and oxygen atoms in total. The summed E-state index contributed by atoms with van der Waals surface area (Å²) >= 11 is 0. The van der Waals surface area contributed by atoms with Gasteiger partial charge >= 0.3 is 0 Å². The van der Waals surface area contributed by atoms with Crippen molar-refractivity contribution in [3.63, 3.8) is 0 Å². The number of fused-ring (bicyclic) bond motifs is 1. The first-order valence-electron chi connectivity index (χ1n) is 5.27. The number of nitrogens with zero attached hydrogens (tertiary/aromatic N) is 2. The number of para-hydroxylation sites is 1. The van der Waals surface area contributed by atoms with Gasteiger partial charge in [0.1, 0.15) is 5.52 Å². The smallest absolute Gasteiger partial charge is 0.104 e. The quantitative estimate of drug-likeness (QED) is 0.590. The number of H-pyrrole nitrogens is 1. The van der Waals surface area contributed by atoms with Crippen LogP contribution in [0.1, 0.15) is 11.1 Å². The van der Waals surface area contributed by atoms with Crippen molar-refractivity contribution in [2.75, 3.05) is 0 Å². The van der Waals surface area contributed by atoms with Crippen LogP contribution in [0, 0.1) is 11.8 Å². The summed E-state index contributed by atoms with van der Waals surface area (Å²) in [6.07, 6.45) is 5.16. The van der Waals surface area contributed by atoms with Crippen molar-refractivity contribution in [3.8, 4) is 11.8 Å². The fraction of sp³-hybridized carbons (Fsp3) is 0. The molecular formula is C14H9N3. The van der Waals surface area contributed by atoms with E-state index in [-0.39, 0.29) is 0 Å². The number of aromatic nitrogens is 3. The van der Waals surface area contributed by atoms with Crippen LogP contribution >= 0.6 is 0 Å². The third-order valence-electron chi connectivity index (χ3n) is 2.45. The summed E-state index contributed by atoms with van der Waals surface area (Å²) in [4.78, 5) is 11.3. The van der Waals surface area contributed by atoms with E-state index < -0.39 is 0 Å². The summed E-state index contributed by atoms with van der Waals surface area (Å²) in [5, 5.41) is 0. The maximum Gasteiger partial charge on any atom is 0.104 e. The van der Waals surface area contributed by atoms with Gasteiger partial charge in [-0.1, -0.05) is 17.9 Å². The standard InChI is InChI=1S/C14H9N3/c1-4-12(14-13(5-1)16-10-17-14)7-6-11-3-2-8-15-9-11/h1-5,8-10H,(H,16,17). The van der Waals surface area contributed by atoms with E-state index in [1.165, 1.54) is 0 Å². The number of aromatic amines is 1. The van der Waals surface area contributed by atoms with Crippen LogP contribution in [0.25, 0.3) is 11.0 Å². The van der Waals surface area contributed by atoms with Crippen molar-refractivity contribution < 1.29 is 0 Å². The number of nitrogens with one attached hydrogen (secondary N) is 1. The lowest BCUT2D eigenvalue weighted by Gasteiger charge is -1.92. The molecule has 0 atom stereocenters. The van der Waals surface area contributed by atoms with Gasteiger partial charge in [-0.15, -0.1) is 0 Å². The maximum atomic E-state index is 4.26. The van der Waals surface area contributed by atoms with Gasteiger partial charge in [-0.25, -0.2) is 4.98 Å². The highest BCUT2D eigenvalue weighted by molar-refractivity contribution is 5.81. The molecule has 0 aliphatic carbocycles. The number of hydrogen-bond donors (Lipinski definition) is 1.